The molecule has 4 rings (SSSR count). The van der Waals surface area contributed by atoms with Gasteiger partial charge >= 0.3 is 0 Å². The zero-order valence-corrected chi connectivity index (χ0v) is 11.5. The van der Waals surface area contributed by atoms with Gasteiger partial charge in [0.1, 0.15) is 5.69 Å². The highest BCUT2D eigenvalue weighted by molar-refractivity contribution is 6.20. The molecule has 3 aliphatic rings. The van der Waals surface area contributed by atoms with Crippen molar-refractivity contribution in [2.75, 3.05) is 13.1 Å². The molecule has 2 fully saturated rings. The van der Waals surface area contributed by atoms with E-state index in [2.05, 4.69) is 4.98 Å². The van der Waals surface area contributed by atoms with Gasteiger partial charge in [0.15, 0.2) is 0 Å². The van der Waals surface area contributed by atoms with Crippen molar-refractivity contribution in [3.05, 3.63) is 29.6 Å². The fraction of sp³-hybridized carbons (Fsp3) is 0.467. The van der Waals surface area contributed by atoms with Gasteiger partial charge in [-0.2, -0.15) is 0 Å². The van der Waals surface area contributed by atoms with Crippen molar-refractivity contribution in [2.24, 2.45) is 5.92 Å². The van der Waals surface area contributed by atoms with Crippen LogP contribution in [0, 0.1) is 5.92 Å². The molecular weight excluding hydrogens is 270 g/mol. The molecule has 6 heteroatoms. The molecule has 1 atom stereocenters. The number of hydrogen-bond acceptors (Lipinski definition) is 4. The van der Waals surface area contributed by atoms with Crippen LogP contribution in [0.25, 0.3) is 0 Å². The molecule has 3 heterocycles. The minimum Gasteiger partial charge on any atom is -0.340 e. The molecule has 1 saturated carbocycles. The molecule has 6 nitrogen and oxygen atoms in total. The zero-order valence-electron chi connectivity index (χ0n) is 11.5. The summed E-state index contributed by atoms with van der Waals surface area (Å²) in [7, 11) is 0. The Balaban J connectivity index is 1.54. The van der Waals surface area contributed by atoms with Crippen LogP contribution in [0.2, 0.25) is 0 Å². The van der Waals surface area contributed by atoms with Gasteiger partial charge in [-0.15, -0.1) is 0 Å². The number of rotatable bonds is 2. The number of aromatic nitrogens is 1. The van der Waals surface area contributed by atoms with E-state index in [1.165, 1.54) is 11.1 Å². The highest BCUT2D eigenvalue weighted by Gasteiger charge is 2.45. The summed E-state index contributed by atoms with van der Waals surface area (Å²) in [6.45, 7) is 1.08. The van der Waals surface area contributed by atoms with Crippen LogP contribution in [0.1, 0.15) is 40.1 Å². The lowest BCUT2D eigenvalue weighted by Gasteiger charge is -2.22. The molecule has 2 aliphatic heterocycles. The Morgan fingerprint density at radius 1 is 1.19 bits per heavy atom. The Morgan fingerprint density at radius 2 is 2.00 bits per heavy atom. The number of imide groups is 1. The van der Waals surface area contributed by atoms with E-state index in [1.807, 2.05) is 0 Å². The molecule has 108 valence electrons. The SMILES string of the molecule is O=C(C1CC1)N1CCC(N2C(=O)c3cccnc3C2=O)C1. The molecule has 21 heavy (non-hydrogen) atoms. The molecule has 1 aromatic rings. The molecule has 0 bridgehead atoms. The van der Waals surface area contributed by atoms with Gasteiger partial charge in [0.05, 0.1) is 11.6 Å². The van der Waals surface area contributed by atoms with E-state index in [0.29, 0.717) is 25.1 Å². The van der Waals surface area contributed by atoms with Crippen molar-refractivity contribution < 1.29 is 14.4 Å². The number of pyridine rings is 1. The van der Waals surface area contributed by atoms with Gasteiger partial charge in [-0.25, -0.2) is 0 Å². The Hall–Kier alpha value is -2.24. The third-order valence-electron chi connectivity index (χ3n) is 4.45. The lowest BCUT2D eigenvalue weighted by atomic mass is 10.2. The molecule has 0 aromatic carbocycles. The molecule has 1 unspecified atom stereocenters. The molecule has 0 radical (unpaired) electrons. The summed E-state index contributed by atoms with van der Waals surface area (Å²) in [4.78, 5) is 43.9. The maximum Gasteiger partial charge on any atom is 0.280 e. The maximum absolute atomic E-state index is 12.4. The Morgan fingerprint density at radius 3 is 2.71 bits per heavy atom. The van der Waals surface area contributed by atoms with Gasteiger partial charge in [-0.05, 0) is 31.4 Å². The van der Waals surface area contributed by atoms with Gasteiger partial charge < -0.3 is 4.90 Å². The highest BCUT2D eigenvalue weighted by atomic mass is 16.2. The standard InChI is InChI=1S/C15H15N3O3/c19-13(9-3-4-9)17-7-5-10(8-17)18-14(20)11-2-1-6-16-12(11)15(18)21/h1-2,6,9-10H,3-5,7-8H2. The molecule has 1 aromatic heterocycles. The summed E-state index contributed by atoms with van der Waals surface area (Å²) >= 11 is 0. The smallest absolute Gasteiger partial charge is 0.280 e. The summed E-state index contributed by atoms with van der Waals surface area (Å²) in [6, 6.07) is 3.07. The van der Waals surface area contributed by atoms with E-state index in [4.69, 9.17) is 0 Å². The summed E-state index contributed by atoms with van der Waals surface area (Å²) in [5.41, 5.74) is 0.601. The van der Waals surface area contributed by atoms with E-state index in [0.717, 1.165) is 12.8 Å². The van der Waals surface area contributed by atoms with E-state index >= 15 is 0 Å². The fourth-order valence-electron chi connectivity index (χ4n) is 3.16. The second kappa shape index (κ2) is 4.38. The Kier molecular flexibility index (Phi) is 2.60. The van der Waals surface area contributed by atoms with Gasteiger partial charge in [0, 0.05) is 25.2 Å². The van der Waals surface area contributed by atoms with Crippen molar-refractivity contribution in [1.29, 1.82) is 0 Å². The first-order chi connectivity index (χ1) is 10.2. The van der Waals surface area contributed by atoms with Crippen LogP contribution < -0.4 is 0 Å². The fourth-order valence-corrected chi connectivity index (χ4v) is 3.16. The van der Waals surface area contributed by atoms with Gasteiger partial charge in [0.2, 0.25) is 5.91 Å². The molecular formula is C15H15N3O3. The number of nitrogens with zero attached hydrogens (tertiary/aromatic N) is 3. The third-order valence-corrected chi connectivity index (χ3v) is 4.45. The summed E-state index contributed by atoms with van der Waals surface area (Å²) < 4.78 is 0. The lowest BCUT2D eigenvalue weighted by molar-refractivity contribution is -0.131. The summed E-state index contributed by atoms with van der Waals surface area (Å²) in [6.07, 6.45) is 4.11. The largest absolute Gasteiger partial charge is 0.340 e. The molecule has 1 saturated heterocycles. The normalized spacial score (nSPS) is 24.7. The van der Waals surface area contributed by atoms with Gasteiger partial charge in [-0.3, -0.25) is 24.3 Å². The lowest BCUT2D eigenvalue weighted by Crippen LogP contribution is -2.42. The number of amides is 3. The summed E-state index contributed by atoms with van der Waals surface area (Å²) in [5, 5.41) is 0. The van der Waals surface area contributed by atoms with E-state index < -0.39 is 0 Å². The first-order valence-electron chi connectivity index (χ1n) is 7.28. The first kappa shape index (κ1) is 12.5. The minimum atomic E-state index is -0.332. The van der Waals surface area contributed by atoms with Crippen molar-refractivity contribution >= 4 is 17.7 Å². The Labute approximate surface area is 121 Å². The predicted molar refractivity (Wildman–Crippen MR) is 72.4 cm³/mol. The number of hydrogen-bond donors (Lipinski definition) is 0. The molecule has 0 N–H and O–H groups in total. The number of likely N-dealkylation sites (tertiary alicyclic amines) is 1. The van der Waals surface area contributed by atoms with Crippen molar-refractivity contribution in [2.45, 2.75) is 25.3 Å². The van der Waals surface area contributed by atoms with E-state index in [1.54, 1.807) is 17.0 Å². The molecule has 0 spiro atoms. The van der Waals surface area contributed by atoms with E-state index in [9.17, 15) is 14.4 Å². The first-order valence-corrected chi connectivity index (χ1v) is 7.28. The van der Waals surface area contributed by atoms with Crippen molar-refractivity contribution in [3.63, 3.8) is 0 Å². The summed E-state index contributed by atoms with van der Waals surface area (Å²) in [5.74, 6) is -0.269. The average Bonchev–Trinajstić information content (AvgIpc) is 3.19. The maximum atomic E-state index is 12.4. The highest BCUT2D eigenvalue weighted by Crippen LogP contribution is 2.33. The Bertz CT molecular complexity index is 618. The third kappa shape index (κ3) is 1.86. The molecule has 1 aliphatic carbocycles. The van der Waals surface area contributed by atoms with E-state index in [-0.39, 0.29) is 35.4 Å². The number of carbonyl (C=O) groups excluding carboxylic acids is 3. The van der Waals surface area contributed by atoms with Crippen LogP contribution in [-0.4, -0.2) is 51.6 Å². The number of carbonyl (C=O) groups is 3. The zero-order chi connectivity index (χ0) is 14.6. The van der Waals surface area contributed by atoms with Gasteiger partial charge in [0.25, 0.3) is 11.8 Å². The van der Waals surface area contributed by atoms with Crippen LogP contribution >= 0.6 is 0 Å². The second-order valence-corrected chi connectivity index (χ2v) is 5.88. The van der Waals surface area contributed by atoms with Crippen LogP contribution in [-0.2, 0) is 4.79 Å². The van der Waals surface area contributed by atoms with Gasteiger partial charge in [-0.1, -0.05) is 0 Å². The van der Waals surface area contributed by atoms with Crippen LogP contribution in [0.4, 0.5) is 0 Å². The monoisotopic (exact) mass is 285 g/mol. The predicted octanol–water partition coefficient (Wildman–Crippen LogP) is 0.689. The average molecular weight is 285 g/mol. The van der Waals surface area contributed by atoms with Crippen LogP contribution in [0.5, 0.6) is 0 Å². The van der Waals surface area contributed by atoms with Crippen LogP contribution in [0.3, 0.4) is 0 Å². The van der Waals surface area contributed by atoms with Crippen molar-refractivity contribution in [1.82, 2.24) is 14.8 Å². The quantitative estimate of drug-likeness (QED) is 0.750. The molecule has 3 amide bonds. The van der Waals surface area contributed by atoms with Crippen LogP contribution in [0.15, 0.2) is 18.3 Å². The minimum absolute atomic E-state index is 0.173. The number of fused-ring (bicyclic) bond motifs is 1. The van der Waals surface area contributed by atoms with Crippen molar-refractivity contribution in [3.8, 4) is 0 Å². The topological polar surface area (TPSA) is 70.6 Å². The second-order valence-electron chi connectivity index (χ2n) is 5.88.